The van der Waals surface area contributed by atoms with E-state index >= 15 is 0 Å². The van der Waals surface area contributed by atoms with Gasteiger partial charge in [0.1, 0.15) is 17.7 Å². The minimum absolute atomic E-state index is 0.0502. The first-order valence-electron chi connectivity index (χ1n) is 8.95. The number of fused-ring (bicyclic) bond motifs is 1. The number of anilines is 1. The Morgan fingerprint density at radius 1 is 1.29 bits per heavy atom. The molecule has 2 aliphatic rings. The number of rotatable bonds is 3. The summed E-state index contributed by atoms with van der Waals surface area (Å²) in [5.74, 6) is 1.01. The third-order valence-electron chi connectivity index (χ3n) is 5.41. The molecule has 150 valence electrons. The van der Waals surface area contributed by atoms with Crippen molar-refractivity contribution in [2.45, 2.75) is 25.0 Å². The topological polar surface area (TPSA) is 131 Å². The van der Waals surface area contributed by atoms with E-state index in [0.29, 0.717) is 23.2 Å². The molecule has 28 heavy (non-hydrogen) atoms. The first-order valence-corrected chi connectivity index (χ1v) is 8.95. The van der Waals surface area contributed by atoms with Crippen molar-refractivity contribution in [3.8, 4) is 0 Å². The lowest BCUT2D eigenvalue weighted by Gasteiger charge is -2.35. The number of aliphatic hydroxyl groups is 1. The molecule has 2 aromatic heterocycles. The number of aliphatic hydroxyl groups excluding tert-OH is 1. The zero-order valence-electron chi connectivity index (χ0n) is 15.5. The molecule has 0 unspecified atom stereocenters. The second kappa shape index (κ2) is 8.79. The Morgan fingerprint density at radius 2 is 2.00 bits per heavy atom. The van der Waals surface area contributed by atoms with E-state index in [1.165, 1.54) is 19.6 Å². The van der Waals surface area contributed by atoms with Crippen LogP contribution in [0, 0.1) is 11.8 Å². The number of carbonyl (C=O) groups excluding carboxylic acids is 1. The van der Waals surface area contributed by atoms with Crippen LogP contribution in [0.2, 0.25) is 0 Å². The lowest BCUT2D eigenvalue weighted by Crippen LogP contribution is -2.35. The molecule has 1 saturated carbocycles. The summed E-state index contributed by atoms with van der Waals surface area (Å²) in [5.41, 5.74) is 0.385. The largest absolute Gasteiger partial charge is 0.483 e. The Labute approximate surface area is 161 Å². The van der Waals surface area contributed by atoms with Gasteiger partial charge in [-0.1, -0.05) is 0 Å². The molecule has 1 aliphatic carbocycles. The summed E-state index contributed by atoms with van der Waals surface area (Å²) in [5, 5.41) is 17.4. The van der Waals surface area contributed by atoms with E-state index in [-0.39, 0.29) is 18.6 Å². The van der Waals surface area contributed by atoms with Crippen LogP contribution in [0.25, 0.3) is 0 Å². The Balaban J connectivity index is 0.000000706. The molecule has 2 fully saturated rings. The van der Waals surface area contributed by atoms with Crippen LogP contribution in [0.5, 0.6) is 0 Å². The molecular weight excluding hydrogens is 366 g/mol. The van der Waals surface area contributed by atoms with Crippen LogP contribution >= 0.6 is 0 Å². The van der Waals surface area contributed by atoms with Crippen LogP contribution in [0.3, 0.4) is 0 Å². The summed E-state index contributed by atoms with van der Waals surface area (Å²) in [6.07, 6.45) is 9.59. The number of esters is 1. The van der Waals surface area contributed by atoms with E-state index in [1.807, 2.05) is 10.8 Å². The highest BCUT2D eigenvalue weighted by Crippen LogP contribution is 2.42. The highest BCUT2D eigenvalue weighted by Gasteiger charge is 2.43. The quantitative estimate of drug-likeness (QED) is 0.572. The van der Waals surface area contributed by atoms with Crippen molar-refractivity contribution in [2.75, 3.05) is 25.1 Å². The van der Waals surface area contributed by atoms with E-state index in [2.05, 4.69) is 19.9 Å². The van der Waals surface area contributed by atoms with Crippen LogP contribution in [0.4, 0.5) is 5.82 Å². The fourth-order valence-electron chi connectivity index (χ4n) is 4.20. The van der Waals surface area contributed by atoms with E-state index in [1.54, 1.807) is 12.5 Å². The number of imidazole rings is 1. The number of methoxy groups -OCH3 is 1. The summed E-state index contributed by atoms with van der Waals surface area (Å²) in [4.78, 5) is 34.8. The van der Waals surface area contributed by atoms with Gasteiger partial charge in [0.25, 0.3) is 6.47 Å². The highest BCUT2D eigenvalue weighted by molar-refractivity contribution is 5.94. The predicted molar refractivity (Wildman–Crippen MR) is 97.8 cm³/mol. The second-order valence-corrected chi connectivity index (χ2v) is 6.90. The Morgan fingerprint density at radius 3 is 2.64 bits per heavy atom. The maximum Gasteiger partial charge on any atom is 0.343 e. The molecule has 4 rings (SSSR count). The normalized spacial score (nSPS) is 26.0. The van der Waals surface area contributed by atoms with E-state index in [9.17, 15) is 9.90 Å². The maximum atomic E-state index is 12.0. The average Bonchev–Trinajstić information content (AvgIpc) is 3.36. The van der Waals surface area contributed by atoms with Gasteiger partial charge < -0.3 is 24.4 Å². The van der Waals surface area contributed by atoms with Crippen LogP contribution in [-0.4, -0.2) is 68.5 Å². The first-order chi connectivity index (χ1) is 13.6. The number of hydrogen-bond donors (Lipinski definition) is 2. The highest BCUT2D eigenvalue weighted by atomic mass is 16.5. The van der Waals surface area contributed by atoms with Crippen molar-refractivity contribution in [2.24, 2.45) is 11.8 Å². The molecule has 2 N–H and O–H groups in total. The maximum absolute atomic E-state index is 12.0. The third-order valence-corrected chi connectivity index (χ3v) is 5.41. The standard InChI is InChI=1S/C17H21N5O3.CH2O2/c1-25-17(24)13-6-19-9-20-16(13)22-7-11-4-14(21-3-2-18-10-21)15(23)5-12(11)8-22;2-1-3/h2-3,6,9-12,14-15,23H,4-5,7-8H2,1H3;1H,(H,2,3)/t11-,12+,14-,15-;/m1./s1. The van der Waals surface area contributed by atoms with Crippen molar-refractivity contribution in [1.82, 2.24) is 19.5 Å². The van der Waals surface area contributed by atoms with Gasteiger partial charge in [0, 0.05) is 31.7 Å². The lowest BCUT2D eigenvalue weighted by molar-refractivity contribution is -0.122. The van der Waals surface area contributed by atoms with Gasteiger partial charge in [-0.05, 0) is 24.7 Å². The molecular formula is C18H23N5O5. The van der Waals surface area contributed by atoms with Crippen molar-refractivity contribution >= 4 is 18.3 Å². The number of hydrogen-bond acceptors (Lipinski definition) is 8. The molecule has 0 amide bonds. The number of aromatic nitrogens is 4. The Bertz CT molecular complexity index is 799. The van der Waals surface area contributed by atoms with Crippen LogP contribution in [0.15, 0.2) is 31.2 Å². The molecule has 10 heteroatoms. The summed E-state index contributed by atoms with van der Waals surface area (Å²) in [6.45, 7) is 1.34. The molecule has 1 aliphatic heterocycles. The SMILES string of the molecule is COC(=O)c1cncnc1N1C[C@H]2C[C@@H](n3ccnc3)[C@H](O)C[C@H]2C1.O=CO. The minimum atomic E-state index is -0.429. The second-order valence-electron chi connectivity index (χ2n) is 6.90. The number of nitrogens with zero attached hydrogens (tertiary/aromatic N) is 5. The summed E-state index contributed by atoms with van der Waals surface area (Å²) < 4.78 is 6.84. The monoisotopic (exact) mass is 389 g/mol. The zero-order valence-corrected chi connectivity index (χ0v) is 15.5. The fraction of sp³-hybridized carbons (Fsp3) is 0.500. The fourth-order valence-corrected chi connectivity index (χ4v) is 4.20. The van der Waals surface area contributed by atoms with Gasteiger partial charge in [-0.2, -0.15) is 0 Å². The summed E-state index contributed by atoms with van der Waals surface area (Å²) in [6, 6.07) is 0.0502. The minimum Gasteiger partial charge on any atom is -0.483 e. The molecule has 0 bridgehead atoms. The molecule has 10 nitrogen and oxygen atoms in total. The van der Waals surface area contributed by atoms with Gasteiger partial charge in [0.15, 0.2) is 0 Å². The molecule has 0 spiro atoms. The van der Waals surface area contributed by atoms with Gasteiger partial charge >= 0.3 is 5.97 Å². The number of carbonyl (C=O) groups is 2. The Hall–Kier alpha value is -3.01. The first kappa shape index (κ1) is 19.7. The van der Waals surface area contributed by atoms with Crippen molar-refractivity contribution in [3.63, 3.8) is 0 Å². The van der Waals surface area contributed by atoms with E-state index in [4.69, 9.17) is 14.6 Å². The zero-order chi connectivity index (χ0) is 20.1. The van der Waals surface area contributed by atoms with Crippen LogP contribution in [-0.2, 0) is 9.53 Å². The molecule has 0 aromatic carbocycles. The molecule has 1 saturated heterocycles. The van der Waals surface area contributed by atoms with Gasteiger partial charge in [-0.15, -0.1) is 0 Å². The van der Waals surface area contributed by atoms with Gasteiger partial charge in [-0.25, -0.2) is 19.7 Å². The van der Waals surface area contributed by atoms with Crippen molar-refractivity contribution < 1.29 is 24.5 Å². The number of ether oxygens (including phenoxy) is 1. The smallest absolute Gasteiger partial charge is 0.343 e. The average molecular weight is 389 g/mol. The van der Waals surface area contributed by atoms with E-state index in [0.717, 1.165) is 25.9 Å². The lowest BCUT2D eigenvalue weighted by atomic mass is 9.77. The number of carboxylic acid groups (broad SMARTS) is 1. The van der Waals surface area contributed by atoms with Gasteiger partial charge in [0.2, 0.25) is 0 Å². The van der Waals surface area contributed by atoms with Crippen LogP contribution < -0.4 is 4.90 Å². The third kappa shape index (κ3) is 3.96. The molecule has 2 aromatic rings. The van der Waals surface area contributed by atoms with E-state index < -0.39 is 5.97 Å². The van der Waals surface area contributed by atoms with Gasteiger partial charge in [0.05, 0.1) is 25.6 Å². The summed E-state index contributed by atoms with van der Waals surface area (Å²) >= 11 is 0. The molecule has 0 radical (unpaired) electrons. The molecule has 3 heterocycles. The summed E-state index contributed by atoms with van der Waals surface area (Å²) in [7, 11) is 1.36. The van der Waals surface area contributed by atoms with Gasteiger partial charge in [-0.3, -0.25) is 4.79 Å². The molecule has 4 atom stereocenters. The van der Waals surface area contributed by atoms with Crippen LogP contribution in [0.1, 0.15) is 29.2 Å². The predicted octanol–water partition coefficient (Wildman–Crippen LogP) is 0.609. The van der Waals surface area contributed by atoms with Crippen molar-refractivity contribution in [1.29, 1.82) is 0 Å². The Kier molecular flexibility index (Phi) is 6.19. The van der Waals surface area contributed by atoms with Crippen molar-refractivity contribution in [3.05, 3.63) is 36.8 Å².